The summed E-state index contributed by atoms with van der Waals surface area (Å²) in [4.78, 5) is 25.4. The fourth-order valence-corrected chi connectivity index (χ4v) is 3.12. The standard InChI is InChI=1S/C24H20BrN3O4/c1-32-22-14-17(10-11-21(22)29)15-26-28-24(31)20(13-16-6-5-9-19(25)12-16)27-23(30)18-7-3-2-4-8-18/h2-15,29H,1H3,(H,27,30)(H,28,31). The number of rotatable bonds is 7. The average Bonchev–Trinajstić information content (AvgIpc) is 2.80. The minimum atomic E-state index is -0.601. The van der Waals surface area contributed by atoms with Crippen molar-refractivity contribution in [1.82, 2.24) is 10.7 Å². The fourth-order valence-electron chi connectivity index (χ4n) is 2.71. The van der Waals surface area contributed by atoms with Gasteiger partial charge in [-0.3, -0.25) is 9.59 Å². The predicted molar refractivity (Wildman–Crippen MR) is 126 cm³/mol. The Morgan fingerprint density at radius 2 is 1.78 bits per heavy atom. The van der Waals surface area contributed by atoms with E-state index in [9.17, 15) is 14.7 Å². The van der Waals surface area contributed by atoms with Crippen molar-refractivity contribution >= 4 is 40.0 Å². The lowest BCUT2D eigenvalue weighted by Crippen LogP contribution is -2.32. The zero-order chi connectivity index (χ0) is 22.9. The normalized spacial score (nSPS) is 11.2. The van der Waals surface area contributed by atoms with Crippen LogP contribution in [0.15, 0.2) is 88.1 Å². The van der Waals surface area contributed by atoms with Crippen LogP contribution in [0.3, 0.4) is 0 Å². The van der Waals surface area contributed by atoms with E-state index in [1.165, 1.54) is 19.4 Å². The van der Waals surface area contributed by atoms with Crippen molar-refractivity contribution in [2.45, 2.75) is 0 Å². The van der Waals surface area contributed by atoms with Crippen LogP contribution in [-0.2, 0) is 4.79 Å². The fraction of sp³-hybridized carbons (Fsp3) is 0.0417. The van der Waals surface area contributed by atoms with Gasteiger partial charge in [0.2, 0.25) is 0 Å². The smallest absolute Gasteiger partial charge is 0.287 e. The number of aromatic hydroxyl groups is 1. The number of hydrazone groups is 1. The average molecular weight is 494 g/mol. The van der Waals surface area contributed by atoms with Crippen molar-refractivity contribution < 1.29 is 19.4 Å². The SMILES string of the molecule is COc1cc(C=NNC(=O)C(=Cc2cccc(Br)c2)NC(=O)c2ccccc2)ccc1O. The van der Waals surface area contributed by atoms with E-state index in [4.69, 9.17) is 4.74 Å². The van der Waals surface area contributed by atoms with Gasteiger partial charge in [-0.25, -0.2) is 5.43 Å². The number of hydrogen-bond donors (Lipinski definition) is 3. The van der Waals surface area contributed by atoms with E-state index >= 15 is 0 Å². The lowest BCUT2D eigenvalue weighted by atomic mass is 10.1. The van der Waals surface area contributed by atoms with Crippen LogP contribution in [0.4, 0.5) is 0 Å². The van der Waals surface area contributed by atoms with Gasteiger partial charge in [-0.05, 0) is 59.7 Å². The second-order valence-electron chi connectivity index (χ2n) is 6.56. The minimum absolute atomic E-state index is 0.00319. The first kappa shape index (κ1) is 22.8. The lowest BCUT2D eigenvalue weighted by molar-refractivity contribution is -0.117. The van der Waals surface area contributed by atoms with Crippen molar-refractivity contribution in [3.8, 4) is 11.5 Å². The van der Waals surface area contributed by atoms with Gasteiger partial charge >= 0.3 is 0 Å². The molecule has 32 heavy (non-hydrogen) atoms. The van der Waals surface area contributed by atoms with Crippen LogP contribution >= 0.6 is 15.9 Å². The Balaban J connectivity index is 1.80. The highest BCUT2D eigenvalue weighted by molar-refractivity contribution is 9.10. The number of halogens is 1. The summed E-state index contributed by atoms with van der Waals surface area (Å²) in [7, 11) is 1.44. The first-order chi connectivity index (χ1) is 15.5. The van der Waals surface area contributed by atoms with Gasteiger partial charge in [0.25, 0.3) is 11.8 Å². The van der Waals surface area contributed by atoms with Crippen molar-refractivity contribution in [3.05, 3.63) is 99.7 Å². The van der Waals surface area contributed by atoms with Gasteiger partial charge in [-0.2, -0.15) is 5.10 Å². The molecule has 0 spiro atoms. The Morgan fingerprint density at radius 3 is 2.50 bits per heavy atom. The third-order valence-electron chi connectivity index (χ3n) is 4.27. The highest BCUT2D eigenvalue weighted by Gasteiger charge is 2.14. The summed E-state index contributed by atoms with van der Waals surface area (Å²) in [5.74, 6) is -0.743. The number of carbonyl (C=O) groups is 2. The number of hydrogen-bond acceptors (Lipinski definition) is 5. The molecule has 0 saturated heterocycles. The van der Waals surface area contributed by atoms with E-state index in [0.717, 1.165) is 4.47 Å². The molecule has 0 fully saturated rings. The molecule has 0 heterocycles. The number of phenolic OH excluding ortho intramolecular Hbond substituents is 1. The second-order valence-corrected chi connectivity index (χ2v) is 7.48. The maximum Gasteiger partial charge on any atom is 0.287 e. The van der Waals surface area contributed by atoms with Gasteiger partial charge in [0.05, 0.1) is 13.3 Å². The van der Waals surface area contributed by atoms with Gasteiger partial charge in [-0.15, -0.1) is 0 Å². The summed E-state index contributed by atoms with van der Waals surface area (Å²) in [5.41, 5.74) is 4.17. The van der Waals surface area contributed by atoms with E-state index in [2.05, 4.69) is 31.8 Å². The van der Waals surface area contributed by atoms with Crippen molar-refractivity contribution in [2.75, 3.05) is 7.11 Å². The van der Waals surface area contributed by atoms with Gasteiger partial charge in [0.15, 0.2) is 11.5 Å². The van der Waals surface area contributed by atoms with Gasteiger partial charge in [0, 0.05) is 10.0 Å². The molecule has 2 amide bonds. The number of carbonyl (C=O) groups excluding carboxylic acids is 2. The minimum Gasteiger partial charge on any atom is -0.504 e. The summed E-state index contributed by atoms with van der Waals surface area (Å²) >= 11 is 3.39. The van der Waals surface area contributed by atoms with E-state index in [1.54, 1.807) is 54.6 Å². The third kappa shape index (κ3) is 6.29. The maximum atomic E-state index is 12.8. The molecule has 0 radical (unpaired) electrons. The number of phenols is 1. The van der Waals surface area contributed by atoms with Crippen LogP contribution < -0.4 is 15.5 Å². The van der Waals surface area contributed by atoms with Gasteiger partial charge in [0.1, 0.15) is 5.70 Å². The van der Waals surface area contributed by atoms with Crippen molar-refractivity contribution in [3.63, 3.8) is 0 Å². The van der Waals surface area contributed by atoms with E-state index < -0.39 is 11.8 Å². The molecule has 0 aliphatic carbocycles. The van der Waals surface area contributed by atoms with Crippen LogP contribution in [-0.4, -0.2) is 30.2 Å². The first-order valence-corrected chi connectivity index (χ1v) is 10.3. The molecule has 3 rings (SSSR count). The van der Waals surface area contributed by atoms with E-state index in [-0.39, 0.29) is 17.2 Å². The highest BCUT2D eigenvalue weighted by Crippen LogP contribution is 2.25. The lowest BCUT2D eigenvalue weighted by Gasteiger charge is -2.09. The molecule has 0 saturated carbocycles. The monoisotopic (exact) mass is 493 g/mol. The Labute approximate surface area is 193 Å². The van der Waals surface area contributed by atoms with Crippen LogP contribution in [0.2, 0.25) is 0 Å². The maximum absolute atomic E-state index is 12.8. The molecule has 162 valence electrons. The highest BCUT2D eigenvalue weighted by atomic mass is 79.9. The molecule has 0 aliphatic rings. The zero-order valence-corrected chi connectivity index (χ0v) is 18.7. The second kappa shape index (κ2) is 10.9. The summed E-state index contributed by atoms with van der Waals surface area (Å²) in [5, 5.41) is 16.3. The Hall–Kier alpha value is -3.91. The molecule has 8 heteroatoms. The molecule has 3 N–H and O–H groups in total. The predicted octanol–water partition coefficient (Wildman–Crippen LogP) is 4.08. The largest absolute Gasteiger partial charge is 0.504 e. The molecule has 0 unspecified atom stereocenters. The molecule has 7 nitrogen and oxygen atoms in total. The number of nitrogens with zero attached hydrogens (tertiary/aromatic N) is 1. The van der Waals surface area contributed by atoms with E-state index in [1.807, 2.05) is 18.2 Å². The summed E-state index contributed by atoms with van der Waals surface area (Å²) in [6.45, 7) is 0. The summed E-state index contributed by atoms with van der Waals surface area (Å²) < 4.78 is 5.89. The quantitative estimate of drug-likeness (QED) is 0.262. The number of benzene rings is 3. The van der Waals surface area contributed by atoms with Crippen molar-refractivity contribution in [2.24, 2.45) is 5.10 Å². The summed E-state index contributed by atoms with van der Waals surface area (Å²) in [6.07, 6.45) is 2.95. The molecule has 3 aromatic rings. The molecular formula is C24H20BrN3O4. The van der Waals surface area contributed by atoms with Crippen LogP contribution in [0.5, 0.6) is 11.5 Å². The topological polar surface area (TPSA) is 100 Å². The molecular weight excluding hydrogens is 474 g/mol. The molecule has 0 aromatic heterocycles. The number of methoxy groups -OCH3 is 1. The summed E-state index contributed by atoms with van der Waals surface area (Å²) in [6, 6.07) is 20.5. The molecule has 0 atom stereocenters. The number of amides is 2. The zero-order valence-electron chi connectivity index (χ0n) is 17.1. The third-order valence-corrected chi connectivity index (χ3v) is 4.77. The van der Waals surface area contributed by atoms with Crippen LogP contribution in [0.25, 0.3) is 6.08 Å². The van der Waals surface area contributed by atoms with Gasteiger partial charge < -0.3 is 15.2 Å². The number of nitrogens with one attached hydrogen (secondary N) is 2. The molecule has 3 aromatic carbocycles. The first-order valence-electron chi connectivity index (χ1n) is 9.50. The Kier molecular flexibility index (Phi) is 7.77. The van der Waals surface area contributed by atoms with Crippen LogP contribution in [0.1, 0.15) is 21.5 Å². The van der Waals surface area contributed by atoms with E-state index in [0.29, 0.717) is 16.7 Å². The Bertz CT molecular complexity index is 1180. The van der Waals surface area contributed by atoms with Crippen LogP contribution in [0, 0.1) is 0 Å². The Morgan fingerprint density at radius 1 is 1.00 bits per heavy atom. The number of ether oxygens (including phenoxy) is 1. The van der Waals surface area contributed by atoms with Crippen molar-refractivity contribution in [1.29, 1.82) is 0 Å². The molecule has 0 aliphatic heterocycles. The van der Waals surface area contributed by atoms with Gasteiger partial charge in [-0.1, -0.05) is 46.3 Å². The molecule has 0 bridgehead atoms.